The highest BCUT2D eigenvalue weighted by molar-refractivity contribution is 5.86. The minimum atomic E-state index is -0.237. The van der Waals surface area contributed by atoms with Crippen LogP contribution in [0.2, 0.25) is 0 Å². The molecule has 1 heterocycles. The van der Waals surface area contributed by atoms with E-state index in [4.69, 9.17) is 9.94 Å². The van der Waals surface area contributed by atoms with Crippen molar-refractivity contribution in [2.24, 2.45) is 0 Å². The van der Waals surface area contributed by atoms with Crippen molar-refractivity contribution in [1.29, 1.82) is 0 Å². The molecule has 1 N–H and O–H groups in total. The molecule has 0 amide bonds. The lowest BCUT2D eigenvalue weighted by Gasteiger charge is -2.39. The number of morpholine rings is 1. The molecule has 0 spiro atoms. The molecule has 1 aliphatic rings. The largest absolute Gasteiger partial charge is 0.733 e. The molecule has 1 fully saturated rings. The summed E-state index contributed by atoms with van der Waals surface area (Å²) in [6.07, 6.45) is 2.95. The zero-order valence-electron chi connectivity index (χ0n) is 12.4. The van der Waals surface area contributed by atoms with E-state index in [0.717, 1.165) is 25.1 Å². The van der Waals surface area contributed by atoms with Gasteiger partial charge in [0.1, 0.15) is 0 Å². The number of anilines is 2. The van der Waals surface area contributed by atoms with Crippen molar-refractivity contribution < 1.29 is 14.7 Å². The Bertz CT molecular complexity index is 493. The summed E-state index contributed by atoms with van der Waals surface area (Å²) >= 11 is 0. The van der Waals surface area contributed by atoms with Crippen LogP contribution in [0.4, 0.5) is 11.4 Å². The molecule has 21 heavy (non-hydrogen) atoms. The summed E-state index contributed by atoms with van der Waals surface area (Å²) in [5.74, 6) is 0. The number of benzene rings is 1. The second-order valence-electron chi connectivity index (χ2n) is 5.40. The lowest BCUT2D eigenvalue weighted by Crippen LogP contribution is -2.47. The molecule has 1 aromatic carbocycles. The van der Waals surface area contributed by atoms with Gasteiger partial charge in [-0.3, -0.25) is 10.0 Å². The molecule has 0 bridgehead atoms. The van der Waals surface area contributed by atoms with Crippen LogP contribution in [0.5, 0.6) is 0 Å². The maximum atomic E-state index is 11.3. The first-order chi connectivity index (χ1) is 10.0. The molecule has 6 heteroatoms. The number of hydrogen-bond donors (Lipinski definition) is 1. The number of rotatable bonds is 5. The van der Waals surface area contributed by atoms with Crippen molar-refractivity contribution in [2.45, 2.75) is 38.9 Å². The second-order valence-corrected chi connectivity index (χ2v) is 5.40. The molecule has 0 saturated carbocycles. The molecule has 1 aliphatic heterocycles. The standard InChI is InChI=1S/C15H21N2O4/c1-3-4-14-9-16(8-11(2)21-14)15-6-5-13(17(19)20)7-12(15)10-18/h5-7,10-11,14,19H,3-4,8-9H2,1-2H3/q-1/t11-,14+/m0/s1. The van der Waals surface area contributed by atoms with Crippen LogP contribution in [0.25, 0.3) is 0 Å². The van der Waals surface area contributed by atoms with Gasteiger partial charge in [-0.15, -0.1) is 0 Å². The third-order valence-electron chi connectivity index (χ3n) is 3.64. The fourth-order valence-electron chi connectivity index (χ4n) is 2.77. The minimum Gasteiger partial charge on any atom is -0.733 e. The van der Waals surface area contributed by atoms with Crippen molar-refractivity contribution >= 4 is 17.7 Å². The topological polar surface area (TPSA) is 76.1 Å². The molecule has 116 valence electrons. The highest BCUT2D eigenvalue weighted by atomic mass is 16.8. The van der Waals surface area contributed by atoms with Crippen LogP contribution in [0.3, 0.4) is 0 Å². The van der Waals surface area contributed by atoms with Crippen molar-refractivity contribution in [3.8, 4) is 0 Å². The van der Waals surface area contributed by atoms with Crippen molar-refractivity contribution in [3.05, 3.63) is 29.0 Å². The normalized spacial score (nSPS) is 22.2. The van der Waals surface area contributed by atoms with Gasteiger partial charge in [0.25, 0.3) is 0 Å². The van der Waals surface area contributed by atoms with Gasteiger partial charge in [-0.2, -0.15) is 0 Å². The first-order valence-electron chi connectivity index (χ1n) is 7.21. The lowest BCUT2D eigenvalue weighted by molar-refractivity contribution is -0.0200. The Balaban J connectivity index is 2.25. The highest BCUT2D eigenvalue weighted by Crippen LogP contribution is 2.28. The molecular formula is C15H21N2O4-. The van der Waals surface area contributed by atoms with E-state index in [-0.39, 0.29) is 23.1 Å². The van der Waals surface area contributed by atoms with Crippen LogP contribution < -0.4 is 10.1 Å². The van der Waals surface area contributed by atoms with E-state index >= 15 is 0 Å². The quantitative estimate of drug-likeness (QED) is 0.664. The third-order valence-corrected chi connectivity index (χ3v) is 3.64. The summed E-state index contributed by atoms with van der Waals surface area (Å²) in [6, 6.07) is 4.59. The van der Waals surface area contributed by atoms with Crippen molar-refractivity contribution in [3.63, 3.8) is 0 Å². The molecule has 2 atom stereocenters. The van der Waals surface area contributed by atoms with Gasteiger partial charge in [-0.05, 0) is 31.5 Å². The molecule has 1 saturated heterocycles. The summed E-state index contributed by atoms with van der Waals surface area (Å²) < 4.78 is 5.89. The first-order valence-corrected chi connectivity index (χ1v) is 7.21. The predicted molar refractivity (Wildman–Crippen MR) is 80.9 cm³/mol. The number of ether oxygens (including phenoxy) is 1. The Morgan fingerprint density at radius 3 is 2.90 bits per heavy atom. The predicted octanol–water partition coefficient (Wildman–Crippen LogP) is 2.59. The van der Waals surface area contributed by atoms with Crippen LogP contribution >= 0.6 is 0 Å². The van der Waals surface area contributed by atoms with E-state index < -0.39 is 0 Å². The number of hydrogen-bond acceptors (Lipinski definition) is 6. The molecular weight excluding hydrogens is 272 g/mol. The van der Waals surface area contributed by atoms with E-state index in [9.17, 15) is 10.0 Å². The van der Waals surface area contributed by atoms with E-state index in [1.807, 2.05) is 6.92 Å². The Morgan fingerprint density at radius 1 is 1.52 bits per heavy atom. The van der Waals surface area contributed by atoms with Gasteiger partial charge < -0.3 is 20.1 Å². The summed E-state index contributed by atoms with van der Waals surface area (Å²) in [4.78, 5) is 13.4. The highest BCUT2D eigenvalue weighted by Gasteiger charge is 2.26. The smallest absolute Gasteiger partial charge is 0.152 e. The summed E-state index contributed by atoms with van der Waals surface area (Å²) in [7, 11) is 0. The van der Waals surface area contributed by atoms with Gasteiger partial charge >= 0.3 is 0 Å². The van der Waals surface area contributed by atoms with Crippen LogP contribution in [-0.2, 0) is 4.74 Å². The molecule has 1 aromatic rings. The fourth-order valence-corrected chi connectivity index (χ4v) is 2.77. The zero-order chi connectivity index (χ0) is 15.4. The molecule has 2 rings (SSSR count). The molecule has 0 aromatic heterocycles. The molecule has 6 nitrogen and oxygen atoms in total. The summed E-state index contributed by atoms with van der Waals surface area (Å²) in [6.45, 7) is 5.54. The van der Waals surface area contributed by atoms with Crippen molar-refractivity contribution in [2.75, 3.05) is 23.2 Å². The van der Waals surface area contributed by atoms with Gasteiger partial charge in [0.15, 0.2) is 6.29 Å². The first kappa shape index (κ1) is 15.8. The Morgan fingerprint density at radius 2 is 2.29 bits per heavy atom. The van der Waals surface area contributed by atoms with Gasteiger partial charge in [-0.25, -0.2) is 0 Å². The van der Waals surface area contributed by atoms with Gasteiger partial charge in [-0.1, -0.05) is 13.3 Å². The monoisotopic (exact) mass is 293 g/mol. The number of aldehydes is 1. The van der Waals surface area contributed by atoms with Gasteiger partial charge in [0.05, 0.1) is 17.9 Å². The SMILES string of the molecule is CCC[C@@H]1CN(c2ccc(N([O-])O)cc2C=O)C[C@H](C)O1. The van der Waals surface area contributed by atoms with E-state index in [0.29, 0.717) is 18.4 Å². The fraction of sp³-hybridized carbons (Fsp3) is 0.533. The Hall–Kier alpha value is -1.63. The van der Waals surface area contributed by atoms with Gasteiger partial charge in [0, 0.05) is 24.3 Å². The average Bonchev–Trinajstić information content (AvgIpc) is 2.46. The summed E-state index contributed by atoms with van der Waals surface area (Å²) in [5.41, 5.74) is 1.21. The molecule has 0 radical (unpaired) electrons. The maximum absolute atomic E-state index is 11.3. The van der Waals surface area contributed by atoms with E-state index in [1.165, 1.54) is 12.1 Å². The van der Waals surface area contributed by atoms with E-state index in [1.54, 1.807) is 6.07 Å². The van der Waals surface area contributed by atoms with Crippen LogP contribution in [0, 0.1) is 5.21 Å². The maximum Gasteiger partial charge on any atom is 0.152 e. The lowest BCUT2D eigenvalue weighted by atomic mass is 10.1. The minimum absolute atomic E-state index is 0.0484. The number of carbonyl (C=O) groups excluding carboxylic acids is 1. The summed E-state index contributed by atoms with van der Waals surface area (Å²) in [5, 5.41) is 19.6. The van der Waals surface area contributed by atoms with E-state index in [2.05, 4.69) is 11.8 Å². The van der Waals surface area contributed by atoms with Crippen LogP contribution in [0.15, 0.2) is 18.2 Å². The van der Waals surface area contributed by atoms with Crippen molar-refractivity contribution in [1.82, 2.24) is 0 Å². The van der Waals surface area contributed by atoms with Crippen LogP contribution in [-0.4, -0.2) is 36.8 Å². The average molecular weight is 293 g/mol. The Labute approximate surface area is 124 Å². The molecule has 0 aliphatic carbocycles. The second kappa shape index (κ2) is 6.89. The molecule has 0 unspecified atom stereocenters. The number of nitrogens with zero attached hydrogens (tertiary/aromatic N) is 2. The Kier molecular flexibility index (Phi) is 5.17. The zero-order valence-corrected chi connectivity index (χ0v) is 12.4. The van der Waals surface area contributed by atoms with Gasteiger partial charge in [0.2, 0.25) is 0 Å². The third kappa shape index (κ3) is 3.72. The van der Waals surface area contributed by atoms with Crippen LogP contribution in [0.1, 0.15) is 37.0 Å². The number of carbonyl (C=O) groups is 1.